The number of nitrogens with one attached hydrogen (secondary N) is 1. The molecule has 0 aliphatic heterocycles. The lowest BCUT2D eigenvalue weighted by Crippen LogP contribution is -2.11. The predicted octanol–water partition coefficient (Wildman–Crippen LogP) is 6.18. The van der Waals surface area contributed by atoms with Crippen LogP contribution in [0.2, 0.25) is 10.0 Å². The van der Waals surface area contributed by atoms with Crippen molar-refractivity contribution in [3.05, 3.63) is 63.5 Å². The SMILES string of the molecule is CNc1cc(Cl)c(C2(c3nc(-c4ccc(C(F)(F)F)cc4)no3)CC2)c(Cl)c1. The molecule has 4 nitrogen and oxygen atoms in total. The fourth-order valence-corrected chi connectivity index (χ4v) is 4.06. The molecule has 1 aliphatic carbocycles. The molecule has 0 atom stereocenters. The summed E-state index contributed by atoms with van der Waals surface area (Å²) in [6.45, 7) is 0. The van der Waals surface area contributed by atoms with Crippen LogP contribution in [-0.2, 0) is 11.6 Å². The molecule has 28 heavy (non-hydrogen) atoms. The molecule has 1 aliphatic rings. The predicted molar refractivity (Wildman–Crippen MR) is 101 cm³/mol. The Labute approximate surface area is 168 Å². The van der Waals surface area contributed by atoms with Crippen molar-refractivity contribution < 1.29 is 17.7 Å². The Morgan fingerprint density at radius 3 is 2.18 bits per heavy atom. The summed E-state index contributed by atoms with van der Waals surface area (Å²) in [5.74, 6) is 0.567. The van der Waals surface area contributed by atoms with Crippen molar-refractivity contribution in [2.24, 2.45) is 0 Å². The lowest BCUT2D eigenvalue weighted by molar-refractivity contribution is -0.137. The average molecular weight is 428 g/mol. The molecule has 0 spiro atoms. The number of alkyl halides is 3. The Morgan fingerprint density at radius 2 is 1.68 bits per heavy atom. The van der Waals surface area contributed by atoms with Crippen molar-refractivity contribution >= 4 is 28.9 Å². The highest BCUT2D eigenvalue weighted by Crippen LogP contribution is 2.57. The van der Waals surface area contributed by atoms with E-state index in [9.17, 15) is 13.2 Å². The fourth-order valence-electron chi connectivity index (χ4n) is 3.21. The van der Waals surface area contributed by atoms with Gasteiger partial charge >= 0.3 is 6.18 Å². The lowest BCUT2D eigenvalue weighted by atomic mass is 9.95. The van der Waals surface area contributed by atoms with Gasteiger partial charge in [-0.15, -0.1) is 0 Å². The standard InChI is InChI=1S/C19H14Cl2F3N3O/c1-25-12-8-13(20)15(14(21)9-12)18(6-7-18)17-26-16(27-28-17)10-2-4-11(5-3-10)19(22,23)24/h2-5,8-9,25H,6-7H2,1H3. The largest absolute Gasteiger partial charge is 0.416 e. The molecule has 1 heterocycles. The van der Waals surface area contributed by atoms with Crippen LogP contribution in [0, 0.1) is 0 Å². The van der Waals surface area contributed by atoms with Crippen LogP contribution in [-0.4, -0.2) is 17.2 Å². The highest BCUT2D eigenvalue weighted by Gasteiger charge is 2.53. The van der Waals surface area contributed by atoms with Crippen molar-refractivity contribution in [2.45, 2.75) is 24.4 Å². The van der Waals surface area contributed by atoms with E-state index in [0.717, 1.165) is 36.2 Å². The van der Waals surface area contributed by atoms with Gasteiger partial charge in [0, 0.05) is 33.9 Å². The van der Waals surface area contributed by atoms with Gasteiger partial charge < -0.3 is 9.84 Å². The van der Waals surface area contributed by atoms with Gasteiger partial charge in [0.25, 0.3) is 0 Å². The number of hydrogen-bond donors (Lipinski definition) is 1. The molecule has 1 fully saturated rings. The molecule has 0 unspecified atom stereocenters. The van der Waals surface area contributed by atoms with E-state index in [1.807, 2.05) is 0 Å². The first kappa shape index (κ1) is 19.1. The molecular weight excluding hydrogens is 414 g/mol. The van der Waals surface area contributed by atoms with Crippen LogP contribution in [0.4, 0.5) is 18.9 Å². The summed E-state index contributed by atoms with van der Waals surface area (Å²) in [6.07, 6.45) is -2.92. The summed E-state index contributed by atoms with van der Waals surface area (Å²) >= 11 is 12.9. The van der Waals surface area contributed by atoms with Gasteiger partial charge in [0.1, 0.15) is 0 Å². The van der Waals surface area contributed by atoms with Crippen LogP contribution in [0.1, 0.15) is 29.9 Å². The number of nitrogens with zero attached hydrogens (tertiary/aromatic N) is 2. The van der Waals surface area contributed by atoms with Gasteiger partial charge in [-0.2, -0.15) is 18.2 Å². The average Bonchev–Trinajstić information content (AvgIpc) is 3.27. The van der Waals surface area contributed by atoms with Crippen molar-refractivity contribution in [1.82, 2.24) is 10.1 Å². The van der Waals surface area contributed by atoms with E-state index >= 15 is 0 Å². The van der Waals surface area contributed by atoms with Crippen LogP contribution in [0.15, 0.2) is 40.9 Å². The Hall–Kier alpha value is -2.25. The zero-order valence-electron chi connectivity index (χ0n) is 14.6. The molecule has 0 saturated heterocycles. The second-order valence-electron chi connectivity index (χ2n) is 6.65. The number of anilines is 1. The molecule has 146 valence electrons. The Bertz CT molecular complexity index is 1000. The molecule has 0 amide bonds. The van der Waals surface area contributed by atoms with Crippen LogP contribution in [0.3, 0.4) is 0 Å². The Balaban J connectivity index is 1.68. The zero-order chi connectivity index (χ0) is 20.1. The third kappa shape index (κ3) is 3.22. The van der Waals surface area contributed by atoms with E-state index < -0.39 is 17.2 Å². The van der Waals surface area contributed by atoms with Crippen molar-refractivity contribution in [3.8, 4) is 11.4 Å². The van der Waals surface area contributed by atoms with E-state index in [2.05, 4.69) is 15.5 Å². The third-order valence-corrected chi connectivity index (χ3v) is 5.46. The maximum atomic E-state index is 12.7. The van der Waals surface area contributed by atoms with Gasteiger partial charge in [-0.25, -0.2) is 0 Å². The normalized spacial score (nSPS) is 15.5. The molecule has 0 bridgehead atoms. The van der Waals surface area contributed by atoms with Gasteiger partial charge in [-0.3, -0.25) is 0 Å². The first-order valence-corrected chi connectivity index (χ1v) is 9.19. The topological polar surface area (TPSA) is 51.0 Å². The molecule has 9 heteroatoms. The minimum Gasteiger partial charge on any atom is -0.388 e. The van der Waals surface area contributed by atoms with E-state index in [1.54, 1.807) is 19.2 Å². The number of hydrogen-bond acceptors (Lipinski definition) is 4. The van der Waals surface area contributed by atoms with Crippen molar-refractivity contribution in [2.75, 3.05) is 12.4 Å². The quantitative estimate of drug-likeness (QED) is 0.539. The third-order valence-electron chi connectivity index (χ3n) is 4.87. The first-order chi connectivity index (χ1) is 13.2. The summed E-state index contributed by atoms with van der Waals surface area (Å²) < 4.78 is 43.6. The molecule has 1 aromatic heterocycles. The van der Waals surface area contributed by atoms with E-state index in [-0.39, 0.29) is 5.82 Å². The zero-order valence-corrected chi connectivity index (χ0v) is 16.1. The summed E-state index contributed by atoms with van der Waals surface area (Å²) in [7, 11) is 1.77. The van der Waals surface area contributed by atoms with Crippen LogP contribution < -0.4 is 5.32 Å². The minimum atomic E-state index is -4.40. The maximum absolute atomic E-state index is 12.7. The fraction of sp³-hybridized carbons (Fsp3) is 0.263. The van der Waals surface area contributed by atoms with Gasteiger partial charge in [-0.1, -0.05) is 40.5 Å². The molecule has 4 rings (SSSR count). The van der Waals surface area contributed by atoms with E-state index in [0.29, 0.717) is 21.5 Å². The molecular formula is C19H14Cl2F3N3O. The maximum Gasteiger partial charge on any atom is 0.416 e. The monoisotopic (exact) mass is 427 g/mol. The van der Waals surface area contributed by atoms with Crippen LogP contribution in [0.25, 0.3) is 11.4 Å². The van der Waals surface area contributed by atoms with Gasteiger partial charge in [-0.05, 0) is 37.1 Å². The van der Waals surface area contributed by atoms with Gasteiger partial charge in [0.15, 0.2) is 0 Å². The van der Waals surface area contributed by atoms with E-state index in [1.165, 1.54) is 12.1 Å². The highest BCUT2D eigenvalue weighted by molar-refractivity contribution is 6.36. The summed E-state index contributed by atoms with van der Waals surface area (Å²) in [4.78, 5) is 4.42. The van der Waals surface area contributed by atoms with Crippen LogP contribution in [0.5, 0.6) is 0 Å². The summed E-state index contributed by atoms with van der Waals surface area (Å²) in [5, 5.41) is 7.90. The number of benzene rings is 2. The number of halogens is 5. The highest BCUT2D eigenvalue weighted by atomic mass is 35.5. The van der Waals surface area contributed by atoms with Gasteiger partial charge in [0.05, 0.1) is 11.0 Å². The number of aromatic nitrogens is 2. The molecule has 1 saturated carbocycles. The summed E-state index contributed by atoms with van der Waals surface area (Å²) in [5.41, 5.74) is 0.628. The molecule has 0 radical (unpaired) electrons. The number of rotatable bonds is 4. The van der Waals surface area contributed by atoms with Crippen molar-refractivity contribution in [3.63, 3.8) is 0 Å². The van der Waals surface area contributed by atoms with E-state index in [4.69, 9.17) is 27.7 Å². The second kappa shape index (κ2) is 6.67. The van der Waals surface area contributed by atoms with Crippen molar-refractivity contribution in [1.29, 1.82) is 0 Å². The Kier molecular flexibility index (Phi) is 4.55. The smallest absolute Gasteiger partial charge is 0.388 e. The van der Waals surface area contributed by atoms with Crippen LogP contribution >= 0.6 is 23.2 Å². The second-order valence-corrected chi connectivity index (χ2v) is 7.46. The first-order valence-electron chi connectivity index (χ1n) is 8.44. The minimum absolute atomic E-state index is 0.217. The lowest BCUT2D eigenvalue weighted by Gasteiger charge is -2.16. The van der Waals surface area contributed by atoms with Gasteiger partial charge in [0.2, 0.25) is 11.7 Å². The molecule has 1 N–H and O–H groups in total. The summed E-state index contributed by atoms with van der Waals surface area (Å²) in [6, 6.07) is 8.16. The molecule has 2 aromatic carbocycles. The Morgan fingerprint density at radius 1 is 1.07 bits per heavy atom. The molecule has 3 aromatic rings.